The van der Waals surface area contributed by atoms with Gasteiger partial charge in [-0.2, -0.15) is 0 Å². The van der Waals surface area contributed by atoms with Crippen LogP contribution in [0.2, 0.25) is 0 Å². The van der Waals surface area contributed by atoms with Crippen molar-refractivity contribution in [3.8, 4) is 0 Å². The van der Waals surface area contributed by atoms with Crippen LogP contribution in [0.15, 0.2) is 36.4 Å². The van der Waals surface area contributed by atoms with Crippen LogP contribution in [0, 0.1) is 6.42 Å². The maximum Gasteiger partial charge on any atom is 0.250 e. The zero-order valence-electron chi connectivity index (χ0n) is 17.4. The van der Waals surface area contributed by atoms with Crippen LogP contribution in [-0.4, -0.2) is 80.2 Å². The highest BCUT2D eigenvalue weighted by Gasteiger charge is 2.50. The zero-order valence-corrected chi connectivity index (χ0v) is 17.4. The molecule has 0 spiro atoms. The third-order valence-corrected chi connectivity index (χ3v) is 4.85. The van der Waals surface area contributed by atoms with Crippen molar-refractivity contribution in [1.29, 1.82) is 0 Å². The highest BCUT2D eigenvalue weighted by Crippen LogP contribution is 2.34. The van der Waals surface area contributed by atoms with Crippen LogP contribution in [-0.2, 0) is 14.3 Å². The molecule has 10 nitrogen and oxygen atoms in total. The first-order valence-electron chi connectivity index (χ1n) is 9.71. The normalized spacial score (nSPS) is 27.8. The van der Waals surface area contributed by atoms with Gasteiger partial charge in [-0.05, 0) is 24.6 Å². The quantitative estimate of drug-likeness (QED) is 0.249. The SMILES string of the molecule is C=C(C)C(=O)Nc1ccc([CH][C@]2(O)C[C@H](O)[C@@H](NC(C)=O)[C@H]([C@H](O)[C@H](O)CO)O2)cc1. The van der Waals surface area contributed by atoms with E-state index in [9.17, 15) is 30.0 Å². The maximum atomic E-state index is 11.7. The Morgan fingerprint density at radius 2 is 1.90 bits per heavy atom. The van der Waals surface area contributed by atoms with Gasteiger partial charge in [-0.3, -0.25) is 9.59 Å². The minimum atomic E-state index is -2.04. The molecule has 1 aliphatic heterocycles. The van der Waals surface area contributed by atoms with Gasteiger partial charge in [-0.15, -0.1) is 0 Å². The molecular weight excluding hydrogens is 408 g/mol. The fourth-order valence-corrected chi connectivity index (χ4v) is 3.28. The number of aliphatic hydroxyl groups is 5. The Morgan fingerprint density at radius 3 is 2.42 bits per heavy atom. The Labute approximate surface area is 180 Å². The number of carbonyl (C=O) groups is 2. The van der Waals surface area contributed by atoms with Gasteiger partial charge in [-0.25, -0.2) is 0 Å². The zero-order chi connectivity index (χ0) is 23.3. The number of rotatable bonds is 8. The Morgan fingerprint density at radius 1 is 1.29 bits per heavy atom. The predicted molar refractivity (Wildman–Crippen MR) is 110 cm³/mol. The minimum absolute atomic E-state index is 0.329. The van der Waals surface area contributed by atoms with E-state index in [-0.39, 0.29) is 12.3 Å². The molecule has 1 aliphatic rings. The van der Waals surface area contributed by atoms with Gasteiger partial charge in [0.1, 0.15) is 18.3 Å². The summed E-state index contributed by atoms with van der Waals surface area (Å²) >= 11 is 0. The molecule has 1 saturated heterocycles. The van der Waals surface area contributed by atoms with Crippen LogP contribution in [0.25, 0.3) is 0 Å². The lowest BCUT2D eigenvalue weighted by atomic mass is 9.86. The van der Waals surface area contributed by atoms with Gasteiger partial charge < -0.3 is 40.9 Å². The van der Waals surface area contributed by atoms with Crippen molar-refractivity contribution in [2.24, 2.45) is 0 Å². The molecule has 171 valence electrons. The summed E-state index contributed by atoms with van der Waals surface area (Å²) < 4.78 is 5.60. The molecule has 0 aliphatic carbocycles. The summed E-state index contributed by atoms with van der Waals surface area (Å²) in [7, 11) is 0. The van der Waals surface area contributed by atoms with Crippen molar-refractivity contribution in [2.45, 2.75) is 56.5 Å². The van der Waals surface area contributed by atoms with Crippen molar-refractivity contribution in [3.05, 3.63) is 48.4 Å². The van der Waals surface area contributed by atoms with E-state index in [1.807, 2.05) is 0 Å². The van der Waals surface area contributed by atoms with Crippen LogP contribution in [0.4, 0.5) is 5.69 Å². The molecule has 7 N–H and O–H groups in total. The molecule has 0 aromatic heterocycles. The fourth-order valence-electron chi connectivity index (χ4n) is 3.28. The largest absolute Gasteiger partial charge is 0.394 e. The van der Waals surface area contributed by atoms with Gasteiger partial charge >= 0.3 is 0 Å². The standard InChI is InChI=1S/C21H29N2O8/c1-11(2)20(29)23-14-6-4-13(5-7-14)8-21(30)9-15(26)17(22-12(3)25)19(31-21)18(28)16(27)10-24/h4-8,15-19,24,26-28,30H,1,9-10H2,2-3H3,(H,22,25)(H,23,29)/t15-,16+,17+,18+,19+,21+/m0/s1. The van der Waals surface area contributed by atoms with Gasteiger partial charge in [0.2, 0.25) is 5.91 Å². The van der Waals surface area contributed by atoms with Crippen molar-refractivity contribution in [2.75, 3.05) is 11.9 Å². The highest BCUT2D eigenvalue weighted by molar-refractivity contribution is 6.02. The van der Waals surface area contributed by atoms with Crippen molar-refractivity contribution >= 4 is 17.5 Å². The summed E-state index contributed by atoms with van der Waals surface area (Å²) in [5.41, 5.74) is 1.33. The number of nitrogens with one attached hydrogen (secondary N) is 2. The molecule has 0 unspecified atom stereocenters. The summed E-state index contributed by atoms with van der Waals surface area (Å²) in [5, 5.41) is 55.8. The van der Waals surface area contributed by atoms with Crippen LogP contribution in [0.5, 0.6) is 0 Å². The van der Waals surface area contributed by atoms with E-state index in [1.165, 1.54) is 13.3 Å². The monoisotopic (exact) mass is 437 g/mol. The first-order chi connectivity index (χ1) is 14.5. The number of ether oxygens (including phenoxy) is 1. The van der Waals surface area contributed by atoms with E-state index in [0.29, 0.717) is 16.8 Å². The second kappa shape index (κ2) is 10.3. The molecule has 6 atom stereocenters. The van der Waals surface area contributed by atoms with E-state index < -0.39 is 48.8 Å². The van der Waals surface area contributed by atoms with Crippen LogP contribution in [0.1, 0.15) is 25.8 Å². The number of hydrogen-bond acceptors (Lipinski definition) is 8. The number of hydrogen-bond donors (Lipinski definition) is 7. The molecule has 10 heteroatoms. The first kappa shape index (κ1) is 24.9. The lowest BCUT2D eigenvalue weighted by molar-refractivity contribution is -0.283. The lowest BCUT2D eigenvalue weighted by Gasteiger charge is -2.46. The molecule has 2 amide bonds. The molecule has 1 radical (unpaired) electrons. The average molecular weight is 437 g/mol. The topological polar surface area (TPSA) is 169 Å². The smallest absolute Gasteiger partial charge is 0.250 e. The summed E-state index contributed by atoms with van der Waals surface area (Å²) in [6, 6.07) is 5.25. The molecule has 0 bridgehead atoms. The maximum absolute atomic E-state index is 11.7. The van der Waals surface area contributed by atoms with Gasteiger partial charge in [0.25, 0.3) is 5.91 Å². The van der Waals surface area contributed by atoms with Crippen molar-refractivity contribution in [1.82, 2.24) is 5.32 Å². The Hall–Kier alpha value is -2.34. The van der Waals surface area contributed by atoms with Crippen LogP contribution in [0.3, 0.4) is 0 Å². The van der Waals surface area contributed by atoms with Crippen LogP contribution < -0.4 is 10.6 Å². The third-order valence-electron chi connectivity index (χ3n) is 4.85. The van der Waals surface area contributed by atoms with Gasteiger partial charge in [0.05, 0.1) is 18.8 Å². The lowest BCUT2D eigenvalue weighted by Crippen LogP contribution is -2.65. The molecular formula is C21H29N2O8. The average Bonchev–Trinajstić information content (AvgIpc) is 2.69. The number of benzene rings is 1. The molecule has 1 heterocycles. The van der Waals surface area contributed by atoms with Crippen molar-refractivity contribution < 1.29 is 39.9 Å². The third kappa shape index (κ3) is 6.57. The molecule has 0 saturated carbocycles. The summed E-state index contributed by atoms with van der Waals surface area (Å²) in [6.07, 6.45) is -5.08. The van der Waals surface area contributed by atoms with E-state index in [1.54, 1.807) is 31.2 Å². The second-order valence-corrected chi connectivity index (χ2v) is 7.67. The van der Waals surface area contributed by atoms with Gasteiger partial charge in [-0.1, -0.05) is 18.7 Å². The van der Waals surface area contributed by atoms with Gasteiger partial charge in [0.15, 0.2) is 5.79 Å². The Bertz CT molecular complexity index is 799. The minimum Gasteiger partial charge on any atom is -0.394 e. The number of carbonyl (C=O) groups excluding carboxylic acids is 2. The van der Waals surface area contributed by atoms with E-state index in [0.717, 1.165) is 0 Å². The second-order valence-electron chi connectivity index (χ2n) is 7.67. The molecule has 1 aromatic carbocycles. The number of amides is 2. The van der Waals surface area contributed by atoms with Crippen molar-refractivity contribution in [3.63, 3.8) is 0 Å². The van der Waals surface area contributed by atoms with Crippen LogP contribution >= 0.6 is 0 Å². The van der Waals surface area contributed by atoms with E-state index in [2.05, 4.69) is 17.2 Å². The highest BCUT2D eigenvalue weighted by atomic mass is 16.6. The molecule has 1 aromatic rings. The number of anilines is 1. The summed E-state index contributed by atoms with van der Waals surface area (Å²) in [6.45, 7) is 5.55. The Kier molecular flexibility index (Phi) is 8.29. The predicted octanol–water partition coefficient (Wildman–Crippen LogP) is -1.19. The van der Waals surface area contributed by atoms with E-state index in [4.69, 9.17) is 9.84 Å². The summed E-state index contributed by atoms with van der Waals surface area (Å²) in [5.74, 6) is -2.89. The first-order valence-corrected chi connectivity index (χ1v) is 9.71. The molecule has 1 fully saturated rings. The summed E-state index contributed by atoms with van der Waals surface area (Å²) in [4.78, 5) is 23.2. The van der Waals surface area contributed by atoms with E-state index >= 15 is 0 Å². The molecule has 2 rings (SSSR count). The fraction of sp³-hybridized carbons (Fsp3) is 0.476. The van der Waals surface area contributed by atoms with Gasteiger partial charge in [0, 0.05) is 31.0 Å². The Balaban J connectivity index is 2.19. The molecule has 31 heavy (non-hydrogen) atoms. The number of aliphatic hydroxyl groups excluding tert-OH is 4.